The molecule has 2 aromatic heterocycles. The molecule has 1 aliphatic carbocycles. The lowest BCUT2D eigenvalue weighted by molar-refractivity contribution is 0.101. The lowest BCUT2D eigenvalue weighted by Crippen LogP contribution is -2.29. The summed E-state index contributed by atoms with van der Waals surface area (Å²) in [5.74, 6) is -0.818. The van der Waals surface area contributed by atoms with Crippen LogP contribution in [0.2, 0.25) is 0 Å². The van der Waals surface area contributed by atoms with Crippen LogP contribution < -0.4 is 10.9 Å². The topological polar surface area (TPSA) is 82.1 Å². The maximum absolute atomic E-state index is 14.1. The molecule has 2 heterocycles. The first kappa shape index (κ1) is 20.1. The average Bonchev–Trinajstić information content (AvgIpc) is 3.22. The highest BCUT2D eigenvalue weighted by Gasteiger charge is 2.27. The Morgan fingerprint density at radius 1 is 1.20 bits per heavy atom. The number of carbonyl (C=O) groups excluding carboxylic acids is 1. The summed E-state index contributed by atoms with van der Waals surface area (Å²) in [4.78, 5) is 25.9. The van der Waals surface area contributed by atoms with Crippen LogP contribution in [0, 0.1) is 19.7 Å². The van der Waals surface area contributed by atoms with Gasteiger partial charge in [0.25, 0.3) is 11.5 Å². The first-order valence-corrected chi connectivity index (χ1v) is 10.2. The molecule has 0 radical (unpaired) electrons. The van der Waals surface area contributed by atoms with Crippen molar-refractivity contribution >= 4 is 11.6 Å². The van der Waals surface area contributed by atoms with E-state index in [1.165, 1.54) is 12.5 Å². The molecule has 4 rings (SSSR count). The Kier molecular flexibility index (Phi) is 5.32. The van der Waals surface area contributed by atoms with Crippen molar-refractivity contribution in [3.8, 4) is 11.3 Å². The van der Waals surface area contributed by atoms with Crippen LogP contribution in [-0.4, -0.2) is 20.4 Å². The molecular weight excluding hydrogens is 387 g/mol. The van der Waals surface area contributed by atoms with Crippen LogP contribution in [0.3, 0.4) is 0 Å². The van der Waals surface area contributed by atoms with E-state index in [1.807, 2.05) is 11.7 Å². The minimum Gasteiger partial charge on any atom is -0.355 e. The van der Waals surface area contributed by atoms with Crippen molar-refractivity contribution in [1.29, 1.82) is 0 Å². The molecule has 7 nitrogen and oxygen atoms in total. The first-order chi connectivity index (χ1) is 14.4. The summed E-state index contributed by atoms with van der Waals surface area (Å²) < 4.78 is 22.9. The number of hydrogen-bond donors (Lipinski definition) is 1. The minimum absolute atomic E-state index is 0.0279. The van der Waals surface area contributed by atoms with Crippen LogP contribution >= 0.6 is 0 Å². The fourth-order valence-corrected chi connectivity index (χ4v) is 4.23. The van der Waals surface area contributed by atoms with Crippen molar-refractivity contribution in [3.63, 3.8) is 0 Å². The fraction of sp³-hybridized carbons (Fsp3) is 0.409. The number of nitrogens with one attached hydrogen (secondary N) is 1. The van der Waals surface area contributed by atoms with E-state index in [-0.39, 0.29) is 34.3 Å². The smallest absolute Gasteiger partial charge is 0.291 e. The molecule has 8 heteroatoms. The van der Waals surface area contributed by atoms with E-state index in [0.29, 0.717) is 11.3 Å². The Morgan fingerprint density at radius 2 is 1.90 bits per heavy atom. The Morgan fingerprint density at radius 3 is 2.60 bits per heavy atom. The number of amides is 1. The van der Waals surface area contributed by atoms with Crippen molar-refractivity contribution in [2.45, 2.75) is 52.0 Å². The molecular formula is C22H25FN4O3. The van der Waals surface area contributed by atoms with Crippen LogP contribution in [0.4, 0.5) is 10.1 Å². The predicted octanol–water partition coefficient (Wildman–Crippen LogP) is 4.36. The van der Waals surface area contributed by atoms with Gasteiger partial charge in [-0.3, -0.25) is 14.3 Å². The van der Waals surface area contributed by atoms with Crippen molar-refractivity contribution < 1.29 is 13.7 Å². The van der Waals surface area contributed by atoms with E-state index in [2.05, 4.69) is 10.5 Å². The molecule has 158 valence electrons. The zero-order valence-electron chi connectivity index (χ0n) is 17.4. The maximum atomic E-state index is 14.1. The molecule has 30 heavy (non-hydrogen) atoms. The third-order valence-corrected chi connectivity index (χ3v) is 6.01. The van der Waals surface area contributed by atoms with Gasteiger partial charge in [0.1, 0.15) is 11.5 Å². The quantitative estimate of drug-likeness (QED) is 0.690. The Balaban J connectivity index is 1.64. The van der Waals surface area contributed by atoms with Gasteiger partial charge in [-0.25, -0.2) is 9.07 Å². The summed E-state index contributed by atoms with van der Waals surface area (Å²) in [6.07, 6.45) is 5.30. The zero-order chi connectivity index (χ0) is 21.4. The monoisotopic (exact) mass is 412 g/mol. The minimum atomic E-state index is -0.555. The van der Waals surface area contributed by atoms with Gasteiger partial charge in [0.2, 0.25) is 0 Å². The van der Waals surface area contributed by atoms with Crippen molar-refractivity contribution in [1.82, 2.24) is 14.5 Å². The molecule has 0 bridgehead atoms. The van der Waals surface area contributed by atoms with Gasteiger partial charge in [-0.15, -0.1) is 0 Å². The molecule has 0 aliphatic heterocycles. The number of nitrogens with zero attached hydrogens (tertiary/aromatic N) is 3. The van der Waals surface area contributed by atoms with Gasteiger partial charge in [-0.1, -0.05) is 36.6 Å². The lowest BCUT2D eigenvalue weighted by Gasteiger charge is -2.24. The molecule has 0 unspecified atom stereocenters. The van der Waals surface area contributed by atoms with Gasteiger partial charge in [-0.2, -0.15) is 0 Å². The van der Waals surface area contributed by atoms with Crippen molar-refractivity contribution in [2.24, 2.45) is 7.05 Å². The summed E-state index contributed by atoms with van der Waals surface area (Å²) in [6, 6.07) is 6.28. The number of rotatable bonds is 4. The number of hydrogen-bond acceptors (Lipinski definition) is 4. The van der Waals surface area contributed by atoms with Gasteiger partial charge in [-0.05, 0) is 38.8 Å². The molecule has 0 spiro atoms. The third-order valence-electron chi connectivity index (χ3n) is 6.01. The highest BCUT2D eigenvalue weighted by atomic mass is 19.1. The third kappa shape index (κ3) is 3.36. The fourth-order valence-electron chi connectivity index (χ4n) is 4.23. The summed E-state index contributed by atoms with van der Waals surface area (Å²) in [7, 11) is 1.83. The van der Waals surface area contributed by atoms with Crippen LogP contribution in [0.5, 0.6) is 0 Å². The van der Waals surface area contributed by atoms with Gasteiger partial charge in [0, 0.05) is 12.6 Å². The van der Waals surface area contributed by atoms with Gasteiger partial charge < -0.3 is 9.84 Å². The number of anilines is 1. The molecule has 1 amide bonds. The standard InChI is InChI=1S/C22H25FN4O3/c1-13-18(25-30-20(13)16-11-7-8-12-17(16)23)21(28)24-19-14(2)26(3)27(22(19)29)15-9-5-4-6-10-15/h7-8,11-12,15H,4-6,9-10H2,1-3H3,(H,24,28). The number of aromatic nitrogens is 3. The SMILES string of the molecule is Cc1c(C(=O)Nc2c(C)n(C)n(C3CCCCC3)c2=O)noc1-c1ccccc1F. The van der Waals surface area contributed by atoms with Crippen LogP contribution in [0.25, 0.3) is 11.3 Å². The van der Waals surface area contributed by atoms with Crippen molar-refractivity contribution in [3.05, 3.63) is 57.4 Å². The number of halogens is 1. The summed E-state index contributed by atoms with van der Waals surface area (Å²) >= 11 is 0. The van der Waals surface area contributed by atoms with E-state index < -0.39 is 11.7 Å². The Bertz CT molecular complexity index is 1150. The van der Waals surface area contributed by atoms with Gasteiger partial charge >= 0.3 is 0 Å². The molecule has 1 fully saturated rings. The van der Waals surface area contributed by atoms with Crippen LogP contribution in [0.1, 0.15) is 59.9 Å². The molecule has 0 atom stereocenters. The highest BCUT2D eigenvalue weighted by Crippen LogP contribution is 2.30. The van der Waals surface area contributed by atoms with E-state index in [9.17, 15) is 14.0 Å². The highest BCUT2D eigenvalue weighted by molar-refractivity contribution is 6.04. The van der Waals surface area contributed by atoms with Gasteiger partial charge in [0.15, 0.2) is 11.5 Å². The van der Waals surface area contributed by atoms with E-state index in [4.69, 9.17) is 4.52 Å². The molecule has 1 saturated carbocycles. The second-order valence-corrected chi connectivity index (χ2v) is 7.84. The van der Waals surface area contributed by atoms with Gasteiger partial charge in [0.05, 0.1) is 17.3 Å². The van der Waals surface area contributed by atoms with E-state index in [1.54, 1.807) is 36.7 Å². The molecule has 3 aromatic rings. The first-order valence-electron chi connectivity index (χ1n) is 10.2. The Labute approximate surface area is 173 Å². The average molecular weight is 412 g/mol. The maximum Gasteiger partial charge on any atom is 0.291 e. The zero-order valence-corrected chi connectivity index (χ0v) is 17.4. The largest absolute Gasteiger partial charge is 0.355 e. The number of carbonyl (C=O) groups is 1. The van der Waals surface area contributed by atoms with Crippen LogP contribution in [0.15, 0.2) is 33.6 Å². The normalized spacial score (nSPS) is 14.8. The van der Waals surface area contributed by atoms with Crippen molar-refractivity contribution in [2.75, 3.05) is 5.32 Å². The molecule has 1 N–H and O–H groups in total. The van der Waals surface area contributed by atoms with E-state index >= 15 is 0 Å². The summed E-state index contributed by atoms with van der Waals surface area (Å²) in [5, 5.41) is 6.54. The lowest BCUT2D eigenvalue weighted by atomic mass is 9.96. The number of benzene rings is 1. The molecule has 1 aromatic carbocycles. The van der Waals surface area contributed by atoms with E-state index in [0.717, 1.165) is 25.7 Å². The summed E-state index contributed by atoms with van der Waals surface area (Å²) in [6.45, 7) is 3.45. The molecule has 0 saturated heterocycles. The Hall–Kier alpha value is -3.16. The second-order valence-electron chi connectivity index (χ2n) is 7.84. The molecule has 1 aliphatic rings. The second kappa shape index (κ2) is 7.93. The summed E-state index contributed by atoms with van der Waals surface area (Å²) in [5.41, 5.74) is 1.37. The predicted molar refractivity (Wildman–Crippen MR) is 111 cm³/mol. The van der Waals surface area contributed by atoms with Crippen LogP contribution in [-0.2, 0) is 7.05 Å².